The van der Waals surface area contributed by atoms with Crippen LogP contribution in [0.25, 0.3) is 0 Å². The summed E-state index contributed by atoms with van der Waals surface area (Å²) in [5.74, 6) is 1.62. The van der Waals surface area contributed by atoms with Crippen molar-refractivity contribution in [3.05, 3.63) is 69.7 Å². The molecule has 0 aromatic heterocycles. The molecule has 0 unspecified atom stereocenters. The lowest BCUT2D eigenvalue weighted by molar-refractivity contribution is 0.213. The van der Waals surface area contributed by atoms with Gasteiger partial charge in [-0.2, -0.15) is 11.8 Å². The molecule has 0 aliphatic rings. The monoisotopic (exact) mass is 339 g/mol. The lowest BCUT2D eigenvalue weighted by Crippen LogP contribution is -2.05. The number of hydrogen-bond donors (Lipinski definition) is 0. The van der Waals surface area contributed by atoms with Crippen molar-refractivity contribution >= 4 is 40.7 Å². The molecule has 0 aliphatic heterocycles. The molecule has 0 spiro atoms. The number of hydrogen-bond acceptors (Lipinski definition) is 3. The van der Waals surface area contributed by atoms with Gasteiger partial charge in [-0.25, -0.2) is 0 Å². The van der Waals surface area contributed by atoms with Crippen LogP contribution in [-0.4, -0.2) is 18.6 Å². The summed E-state index contributed by atoms with van der Waals surface area (Å²) in [6.45, 7) is 0. The maximum Gasteiger partial charge on any atom is 0.106 e. The molecule has 2 aromatic rings. The van der Waals surface area contributed by atoms with Crippen LogP contribution in [-0.2, 0) is 10.6 Å². The fourth-order valence-electron chi connectivity index (χ4n) is 1.81. The third-order valence-electron chi connectivity index (χ3n) is 2.78. The van der Waals surface area contributed by atoms with Crippen molar-refractivity contribution in [2.24, 2.45) is 5.16 Å². The van der Waals surface area contributed by atoms with Gasteiger partial charge in [0.1, 0.15) is 7.11 Å². The number of thioether (sulfide) groups is 1. The van der Waals surface area contributed by atoms with Gasteiger partial charge in [-0.05, 0) is 29.8 Å². The Balaban J connectivity index is 1.98. The van der Waals surface area contributed by atoms with Crippen LogP contribution < -0.4 is 0 Å². The maximum atomic E-state index is 5.98. The molecule has 0 atom stereocenters. The van der Waals surface area contributed by atoms with Crippen molar-refractivity contribution in [1.29, 1.82) is 0 Å². The standard InChI is InChI=1S/C16H15Cl2NOS/c1-20-19-16(13-5-7-14(17)8-6-13)11-21-10-12-3-2-4-15(18)9-12/h2-9H,10-11H2,1H3/b19-16+. The molecular formula is C16H15Cl2NOS. The van der Waals surface area contributed by atoms with Crippen molar-refractivity contribution in [3.8, 4) is 0 Å². The van der Waals surface area contributed by atoms with Gasteiger partial charge in [-0.1, -0.05) is 52.6 Å². The number of nitrogens with zero attached hydrogens (tertiary/aromatic N) is 1. The summed E-state index contributed by atoms with van der Waals surface area (Å²) < 4.78 is 0. The van der Waals surface area contributed by atoms with Crippen molar-refractivity contribution in [3.63, 3.8) is 0 Å². The Bertz CT molecular complexity index is 614. The second-order valence-corrected chi connectivity index (χ2v) is 6.21. The van der Waals surface area contributed by atoms with Gasteiger partial charge >= 0.3 is 0 Å². The normalized spacial score (nSPS) is 11.5. The zero-order chi connectivity index (χ0) is 15.1. The van der Waals surface area contributed by atoms with Crippen LogP contribution in [0.1, 0.15) is 11.1 Å². The molecule has 2 aromatic carbocycles. The zero-order valence-electron chi connectivity index (χ0n) is 11.6. The van der Waals surface area contributed by atoms with E-state index in [0.717, 1.165) is 27.8 Å². The van der Waals surface area contributed by atoms with Gasteiger partial charge in [0.2, 0.25) is 0 Å². The average Bonchev–Trinajstić information content (AvgIpc) is 2.47. The third kappa shape index (κ3) is 5.27. The highest BCUT2D eigenvalue weighted by Gasteiger charge is 2.06. The van der Waals surface area contributed by atoms with Gasteiger partial charge in [0.25, 0.3) is 0 Å². The van der Waals surface area contributed by atoms with Crippen molar-refractivity contribution in [1.82, 2.24) is 0 Å². The molecule has 0 radical (unpaired) electrons. The molecule has 0 fully saturated rings. The lowest BCUT2D eigenvalue weighted by atomic mass is 10.1. The van der Waals surface area contributed by atoms with E-state index in [-0.39, 0.29) is 0 Å². The predicted octanol–water partition coefficient (Wildman–Crippen LogP) is 5.28. The first-order chi connectivity index (χ1) is 10.2. The van der Waals surface area contributed by atoms with Gasteiger partial charge < -0.3 is 4.84 Å². The lowest BCUT2D eigenvalue weighted by Gasteiger charge is -2.07. The van der Waals surface area contributed by atoms with E-state index in [1.807, 2.05) is 42.5 Å². The summed E-state index contributed by atoms with van der Waals surface area (Å²) in [5.41, 5.74) is 3.10. The third-order valence-corrected chi connectivity index (χ3v) is 4.28. The molecule has 2 nitrogen and oxygen atoms in total. The van der Waals surface area contributed by atoms with Gasteiger partial charge in [-0.3, -0.25) is 0 Å². The summed E-state index contributed by atoms with van der Waals surface area (Å²) in [5, 5.41) is 5.57. The van der Waals surface area contributed by atoms with Crippen LogP contribution in [0.5, 0.6) is 0 Å². The Hall–Kier alpha value is -1.16. The van der Waals surface area contributed by atoms with Crippen LogP contribution in [0, 0.1) is 0 Å². The van der Waals surface area contributed by atoms with E-state index >= 15 is 0 Å². The Morgan fingerprint density at radius 3 is 2.52 bits per heavy atom. The quantitative estimate of drug-likeness (QED) is 0.527. The minimum Gasteiger partial charge on any atom is -0.399 e. The minimum atomic E-state index is 0.710. The van der Waals surface area contributed by atoms with E-state index in [9.17, 15) is 0 Å². The first-order valence-electron chi connectivity index (χ1n) is 6.37. The molecular weight excluding hydrogens is 325 g/mol. The fourth-order valence-corrected chi connectivity index (χ4v) is 3.08. The maximum absolute atomic E-state index is 5.98. The molecule has 0 heterocycles. The molecule has 5 heteroatoms. The van der Waals surface area contributed by atoms with Crippen molar-refractivity contribution in [2.75, 3.05) is 12.9 Å². The molecule has 0 saturated heterocycles. The Labute approximate surface area is 139 Å². The van der Waals surface area contributed by atoms with Crippen LogP contribution in [0.2, 0.25) is 10.0 Å². The first kappa shape index (κ1) is 16.2. The molecule has 0 amide bonds. The summed E-state index contributed by atoms with van der Waals surface area (Å²) in [7, 11) is 1.55. The van der Waals surface area contributed by atoms with E-state index in [1.54, 1.807) is 18.9 Å². The SMILES string of the molecule is CO/N=C(\CSCc1cccc(Cl)c1)c1ccc(Cl)cc1. The Morgan fingerprint density at radius 1 is 1.10 bits per heavy atom. The average molecular weight is 340 g/mol. The second-order valence-electron chi connectivity index (χ2n) is 4.35. The Kier molecular flexibility index (Phi) is 6.43. The summed E-state index contributed by atoms with van der Waals surface area (Å²) >= 11 is 13.6. The van der Waals surface area contributed by atoms with Crippen molar-refractivity contribution < 1.29 is 4.84 Å². The number of benzene rings is 2. The molecule has 21 heavy (non-hydrogen) atoms. The number of rotatable bonds is 6. The summed E-state index contributed by atoms with van der Waals surface area (Å²) in [4.78, 5) is 4.93. The molecule has 110 valence electrons. The van der Waals surface area contributed by atoms with E-state index in [1.165, 1.54) is 5.56 Å². The highest BCUT2D eigenvalue weighted by atomic mass is 35.5. The molecule has 0 N–H and O–H groups in total. The van der Waals surface area contributed by atoms with E-state index in [2.05, 4.69) is 11.2 Å². The highest BCUT2D eigenvalue weighted by molar-refractivity contribution is 7.99. The Morgan fingerprint density at radius 2 is 1.86 bits per heavy atom. The molecule has 0 aliphatic carbocycles. The number of halogens is 2. The molecule has 2 rings (SSSR count). The van der Waals surface area contributed by atoms with Crippen LogP contribution >= 0.6 is 35.0 Å². The van der Waals surface area contributed by atoms with Crippen LogP contribution in [0.4, 0.5) is 0 Å². The van der Waals surface area contributed by atoms with Gasteiger partial charge in [0.05, 0.1) is 5.71 Å². The topological polar surface area (TPSA) is 21.6 Å². The summed E-state index contributed by atoms with van der Waals surface area (Å²) in [6.07, 6.45) is 0. The largest absolute Gasteiger partial charge is 0.399 e. The van der Waals surface area contributed by atoms with Crippen LogP contribution in [0.3, 0.4) is 0 Å². The highest BCUT2D eigenvalue weighted by Crippen LogP contribution is 2.19. The van der Waals surface area contributed by atoms with Gasteiger partial charge in [0, 0.05) is 27.1 Å². The van der Waals surface area contributed by atoms with E-state index < -0.39 is 0 Å². The van der Waals surface area contributed by atoms with E-state index in [4.69, 9.17) is 28.0 Å². The molecule has 0 bridgehead atoms. The first-order valence-corrected chi connectivity index (χ1v) is 8.28. The van der Waals surface area contributed by atoms with Crippen LogP contribution in [0.15, 0.2) is 53.7 Å². The second kappa shape index (κ2) is 8.32. The van der Waals surface area contributed by atoms with Gasteiger partial charge in [0.15, 0.2) is 0 Å². The predicted molar refractivity (Wildman–Crippen MR) is 92.6 cm³/mol. The minimum absolute atomic E-state index is 0.710. The molecule has 0 saturated carbocycles. The zero-order valence-corrected chi connectivity index (χ0v) is 13.9. The smallest absolute Gasteiger partial charge is 0.106 e. The fraction of sp³-hybridized carbons (Fsp3) is 0.188. The van der Waals surface area contributed by atoms with E-state index in [0.29, 0.717) is 5.02 Å². The van der Waals surface area contributed by atoms with Crippen molar-refractivity contribution in [2.45, 2.75) is 5.75 Å². The number of oxime groups is 1. The van der Waals surface area contributed by atoms with Gasteiger partial charge in [-0.15, -0.1) is 0 Å². The summed E-state index contributed by atoms with van der Waals surface area (Å²) in [6, 6.07) is 15.5.